The van der Waals surface area contributed by atoms with Gasteiger partial charge >= 0.3 is 0 Å². The maximum absolute atomic E-state index is 5.97. The summed E-state index contributed by atoms with van der Waals surface area (Å²) in [4.78, 5) is 0. The lowest BCUT2D eigenvalue weighted by atomic mass is 10.1. The third kappa shape index (κ3) is 2.96. The van der Waals surface area contributed by atoms with Gasteiger partial charge in [-0.05, 0) is 18.1 Å². The Morgan fingerprint density at radius 3 is 2.88 bits per heavy atom. The summed E-state index contributed by atoms with van der Waals surface area (Å²) in [6.07, 6.45) is 4.80. The number of aromatic nitrogens is 2. The minimum Gasteiger partial charge on any atom is -0.324 e. The van der Waals surface area contributed by atoms with Gasteiger partial charge in [-0.2, -0.15) is 5.10 Å². The molecule has 0 amide bonds. The van der Waals surface area contributed by atoms with E-state index in [1.54, 1.807) is 0 Å². The largest absolute Gasteiger partial charge is 0.324 e. The van der Waals surface area contributed by atoms with E-state index >= 15 is 0 Å². The zero-order valence-electron chi connectivity index (χ0n) is 9.81. The molecule has 1 unspecified atom stereocenters. The number of nitrogens with zero attached hydrogens (tertiary/aromatic N) is 2. The molecule has 1 heterocycles. The van der Waals surface area contributed by atoms with Crippen molar-refractivity contribution in [2.24, 2.45) is 5.73 Å². The highest BCUT2D eigenvalue weighted by Gasteiger charge is 2.07. The fourth-order valence-electron chi connectivity index (χ4n) is 1.69. The average Bonchev–Trinajstić information content (AvgIpc) is 2.80. The van der Waals surface area contributed by atoms with Gasteiger partial charge in [0, 0.05) is 22.3 Å². The van der Waals surface area contributed by atoms with E-state index in [0.29, 0.717) is 0 Å². The molecule has 2 aromatic rings. The van der Waals surface area contributed by atoms with Crippen molar-refractivity contribution in [3.63, 3.8) is 0 Å². The van der Waals surface area contributed by atoms with Crippen molar-refractivity contribution >= 4 is 15.9 Å². The Balaban J connectivity index is 2.14. The first-order valence-electron chi connectivity index (χ1n) is 5.72. The summed E-state index contributed by atoms with van der Waals surface area (Å²) in [5.41, 5.74) is 8.28. The number of hydrogen-bond donors (Lipinski definition) is 1. The molecule has 3 nitrogen and oxygen atoms in total. The minimum absolute atomic E-state index is 0.0861. The van der Waals surface area contributed by atoms with Gasteiger partial charge in [-0.15, -0.1) is 0 Å². The molecule has 17 heavy (non-hydrogen) atoms. The lowest BCUT2D eigenvalue weighted by molar-refractivity contribution is 0.674. The van der Waals surface area contributed by atoms with Crippen LogP contribution in [0.5, 0.6) is 0 Å². The molecule has 0 aliphatic heterocycles. The molecule has 1 atom stereocenters. The van der Waals surface area contributed by atoms with Crippen molar-refractivity contribution in [2.75, 3.05) is 0 Å². The Morgan fingerprint density at radius 1 is 1.41 bits per heavy atom. The van der Waals surface area contributed by atoms with Crippen LogP contribution >= 0.6 is 15.9 Å². The van der Waals surface area contributed by atoms with E-state index in [1.165, 1.54) is 5.56 Å². The van der Waals surface area contributed by atoms with Crippen molar-refractivity contribution in [3.8, 4) is 0 Å². The van der Waals surface area contributed by atoms with E-state index in [9.17, 15) is 0 Å². The molecule has 0 aliphatic rings. The van der Waals surface area contributed by atoms with Crippen molar-refractivity contribution < 1.29 is 0 Å². The SMILES string of the molecule is CCC(N)c1cnn(Cc2ccccc2Br)c1. The number of halogens is 1. The van der Waals surface area contributed by atoms with Crippen LogP contribution in [0.1, 0.15) is 30.5 Å². The molecule has 0 spiro atoms. The maximum atomic E-state index is 5.97. The van der Waals surface area contributed by atoms with Gasteiger partial charge in [-0.25, -0.2) is 0 Å². The lowest BCUT2D eigenvalue weighted by Crippen LogP contribution is -2.07. The second-order valence-corrected chi connectivity index (χ2v) is 4.93. The van der Waals surface area contributed by atoms with E-state index < -0.39 is 0 Å². The molecule has 0 aliphatic carbocycles. The highest BCUT2D eigenvalue weighted by molar-refractivity contribution is 9.10. The normalized spacial score (nSPS) is 12.6. The van der Waals surface area contributed by atoms with E-state index in [4.69, 9.17) is 5.73 Å². The molecule has 90 valence electrons. The van der Waals surface area contributed by atoms with Gasteiger partial charge < -0.3 is 5.73 Å². The van der Waals surface area contributed by atoms with Crippen LogP contribution in [0.3, 0.4) is 0 Å². The van der Waals surface area contributed by atoms with Gasteiger partial charge in [0.1, 0.15) is 0 Å². The Bertz CT molecular complexity index is 493. The molecular weight excluding hydrogens is 278 g/mol. The molecule has 0 bridgehead atoms. The average molecular weight is 294 g/mol. The first kappa shape index (κ1) is 12.3. The van der Waals surface area contributed by atoms with Crippen molar-refractivity contribution in [3.05, 3.63) is 52.3 Å². The summed E-state index contributed by atoms with van der Waals surface area (Å²) >= 11 is 3.54. The van der Waals surface area contributed by atoms with Crippen molar-refractivity contribution in [1.82, 2.24) is 9.78 Å². The summed E-state index contributed by atoms with van der Waals surface area (Å²) in [5.74, 6) is 0. The van der Waals surface area contributed by atoms with Gasteiger partial charge in [-0.1, -0.05) is 41.1 Å². The van der Waals surface area contributed by atoms with Gasteiger partial charge in [0.2, 0.25) is 0 Å². The van der Waals surface area contributed by atoms with Crippen molar-refractivity contribution in [1.29, 1.82) is 0 Å². The Kier molecular flexibility index (Phi) is 3.97. The van der Waals surface area contributed by atoms with Gasteiger partial charge in [0.15, 0.2) is 0 Å². The summed E-state index contributed by atoms with van der Waals surface area (Å²) in [7, 11) is 0. The zero-order valence-corrected chi connectivity index (χ0v) is 11.4. The van der Waals surface area contributed by atoms with Gasteiger partial charge in [0.25, 0.3) is 0 Å². The molecule has 2 rings (SSSR count). The van der Waals surface area contributed by atoms with Crippen LogP contribution < -0.4 is 5.73 Å². The molecule has 0 saturated carbocycles. The maximum Gasteiger partial charge on any atom is 0.0670 e. The third-order valence-electron chi connectivity index (χ3n) is 2.81. The summed E-state index contributed by atoms with van der Waals surface area (Å²) < 4.78 is 3.03. The number of nitrogens with two attached hydrogens (primary N) is 1. The molecule has 1 aromatic heterocycles. The molecule has 0 radical (unpaired) electrons. The Morgan fingerprint density at radius 2 is 2.18 bits per heavy atom. The Labute approximate surface area is 110 Å². The topological polar surface area (TPSA) is 43.8 Å². The first-order chi connectivity index (χ1) is 8.20. The fourth-order valence-corrected chi connectivity index (χ4v) is 2.10. The summed E-state index contributed by atoms with van der Waals surface area (Å²) in [6, 6.07) is 8.25. The second-order valence-electron chi connectivity index (χ2n) is 4.08. The molecule has 4 heteroatoms. The third-order valence-corrected chi connectivity index (χ3v) is 3.58. The monoisotopic (exact) mass is 293 g/mol. The highest BCUT2D eigenvalue weighted by Crippen LogP contribution is 2.18. The lowest BCUT2D eigenvalue weighted by Gasteiger charge is -2.05. The second kappa shape index (κ2) is 5.47. The molecular formula is C13H16BrN3. The number of hydrogen-bond acceptors (Lipinski definition) is 2. The van der Waals surface area contributed by atoms with Crippen LogP contribution in [0.2, 0.25) is 0 Å². The smallest absolute Gasteiger partial charge is 0.0670 e. The van der Waals surface area contributed by atoms with Crippen LogP contribution in [0.25, 0.3) is 0 Å². The quantitative estimate of drug-likeness (QED) is 0.941. The highest BCUT2D eigenvalue weighted by atomic mass is 79.9. The molecule has 0 saturated heterocycles. The van der Waals surface area contributed by atoms with Gasteiger partial charge in [0.05, 0.1) is 12.7 Å². The van der Waals surface area contributed by atoms with E-state index in [1.807, 2.05) is 35.3 Å². The van der Waals surface area contributed by atoms with Crippen LogP contribution in [-0.4, -0.2) is 9.78 Å². The summed E-state index contributed by atoms with van der Waals surface area (Å²) in [6.45, 7) is 2.84. The van der Waals surface area contributed by atoms with E-state index in [-0.39, 0.29) is 6.04 Å². The standard InChI is InChI=1S/C13H16BrN3/c1-2-13(15)11-7-16-17(9-11)8-10-5-3-4-6-12(10)14/h3-7,9,13H,2,8,15H2,1H3. The zero-order chi connectivity index (χ0) is 12.3. The predicted octanol–water partition coefficient (Wildman–Crippen LogP) is 3.10. The van der Waals surface area contributed by atoms with E-state index in [2.05, 4.69) is 34.0 Å². The first-order valence-corrected chi connectivity index (χ1v) is 6.51. The minimum atomic E-state index is 0.0861. The summed E-state index contributed by atoms with van der Waals surface area (Å²) in [5, 5.41) is 4.34. The van der Waals surface area contributed by atoms with Crippen LogP contribution in [0, 0.1) is 0 Å². The number of benzene rings is 1. The van der Waals surface area contributed by atoms with Crippen molar-refractivity contribution in [2.45, 2.75) is 25.9 Å². The predicted molar refractivity (Wildman–Crippen MR) is 72.7 cm³/mol. The fraction of sp³-hybridized carbons (Fsp3) is 0.308. The van der Waals surface area contributed by atoms with Crippen LogP contribution in [0.4, 0.5) is 0 Å². The molecule has 0 fully saturated rings. The van der Waals surface area contributed by atoms with Gasteiger partial charge in [-0.3, -0.25) is 4.68 Å². The molecule has 2 N–H and O–H groups in total. The molecule has 1 aromatic carbocycles. The van der Waals surface area contributed by atoms with Crippen LogP contribution in [-0.2, 0) is 6.54 Å². The van der Waals surface area contributed by atoms with E-state index in [0.717, 1.165) is 23.0 Å². The number of rotatable bonds is 4. The Hall–Kier alpha value is -1.13. The van der Waals surface area contributed by atoms with Crippen LogP contribution in [0.15, 0.2) is 41.1 Å².